The van der Waals surface area contributed by atoms with Gasteiger partial charge in [-0.2, -0.15) is 0 Å². The second kappa shape index (κ2) is 10.9. The Morgan fingerprint density at radius 3 is 1.83 bits per heavy atom. The first-order valence-corrected chi connectivity index (χ1v) is 12.3. The number of carbonyl (C=O) groups excluding carboxylic acids is 2. The second-order valence-corrected chi connectivity index (χ2v) is 9.94. The van der Waals surface area contributed by atoms with Crippen molar-refractivity contribution >= 4 is 31.7 Å². The van der Waals surface area contributed by atoms with Gasteiger partial charge in [0.25, 0.3) is 0 Å². The summed E-state index contributed by atoms with van der Waals surface area (Å²) in [5, 5.41) is 0. The van der Waals surface area contributed by atoms with E-state index in [1.165, 1.54) is 32.1 Å². The molecule has 2 heterocycles. The van der Waals surface area contributed by atoms with E-state index >= 15 is 0 Å². The molecule has 0 aromatic carbocycles. The number of hydrogen-bond acceptors (Lipinski definition) is 8. The van der Waals surface area contributed by atoms with Crippen LogP contribution in [0.1, 0.15) is 46.0 Å². The lowest BCUT2D eigenvalue weighted by molar-refractivity contribution is -0.145. The van der Waals surface area contributed by atoms with Gasteiger partial charge in [0.15, 0.2) is 23.9 Å². The fourth-order valence-electron chi connectivity index (χ4n) is 3.85. The van der Waals surface area contributed by atoms with Crippen LogP contribution in [0.15, 0.2) is 9.98 Å². The highest BCUT2D eigenvalue weighted by Crippen LogP contribution is 2.48. The number of esters is 2. The summed E-state index contributed by atoms with van der Waals surface area (Å²) in [7, 11) is -0.509. The number of nitrogens with zero attached hydrogens (tertiary/aromatic N) is 2. The summed E-state index contributed by atoms with van der Waals surface area (Å²) >= 11 is 0. The first-order chi connectivity index (χ1) is 14.1. The zero-order valence-electron chi connectivity index (χ0n) is 17.3. The van der Waals surface area contributed by atoms with Crippen molar-refractivity contribution in [1.82, 2.24) is 0 Å². The Kier molecular flexibility index (Phi) is 8.28. The molecule has 1 aliphatic carbocycles. The van der Waals surface area contributed by atoms with Gasteiger partial charge in [0, 0.05) is 12.3 Å². The van der Waals surface area contributed by atoms with Gasteiger partial charge in [0.2, 0.25) is 0 Å². The van der Waals surface area contributed by atoms with Crippen molar-refractivity contribution < 1.29 is 28.5 Å². The van der Waals surface area contributed by atoms with Gasteiger partial charge in [0.05, 0.1) is 13.2 Å². The molecule has 29 heavy (non-hydrogen) atoms. The first-order valence-electron chi connectivity index (χ1n) is 10.6. The predicted molar refractivity (Wildman–Crippen MR) is 111 cm³/mol. The van der Waals surface area contributed by atoms with Crippen molar-refractivity contribution in [3.05, 3.63) is 0 Å². The van der Waals surface area contributed by atoms with Crippen LogP contribution in [0.25, 0.3) is 0 Å². The molecule has 2 unspecified atom stereocenters. The third-order valence-electron chi connectivity index (χ3n) is 5.30. The normalized spacial score (nSPS) is 25.4. The van der Waals surface area contributed by atoms with E-state index in [1.54, 1.807) is 13.8 Å². The van der Waals surface area contributed by atoms with Gasteiger partial charge in [-0.3, -0.25) is 0 Å². The van der Waals surface area contributed by atoms with Crippen molar-refractivity contribution in [3.8, 4) is 0 Å². The van der Waals surface area contributed by atoms with Gasteiger partial charge in [-0.15, -0.1) is 0 Å². The Labute approximate surface area is 173 Å². The zero-order chi connectivity index (χ0) is 20.6. The second-order valence-electron chi connectivity index (χ2n) is 7.40. The van der Waals surface area contributed by atoms with E-state index in [-0.39, 0.29) is 25.2 Å². The summed E-state index contributed by atoms with van der Waals surface area (Å²) in [5.74, 6) is 0.621. The quantitative estimate of drug-likeness (QED) is 0.415. The largest absolute Gasteiger partial charge is 0.478 e. The molecule has 0 amide bonds. The van der Waals surface area contributed by atoms with Gasteiger partial charge < -0.3 is 18.9 Å². The number of rotatable bonds is 9. The molecule has 1 fully saturated rings. The number of aliphatic imine (C=N–C) groups is 2. The maximum atomic E-state index is 11.9. The maximum absolute atomic E-state index is 11.9. The molecule has 0 saturated heterocycles. The number of ether oxygens (including phenoxy) is 4. The Bertz CT molecular complexity index is 601. The Hall–Kier alpha value is -1.69. The standard InChI is InChI=1S/C20H31N2O6P/c1-3-25-19(23)15-10-27-17(21-15)12-29(14-8-6-5-7-9-14)13-18-22-16(11-28-18)20(24)26-4-2/h14-16H,3-13H2,1-2H3. The fraction of sp³-hybridized carbons (Fsp3) is 0.800. The van der Waals surface area contributed by atoms with Crippen LogP contribution in [0.4, 0.5) is 0 Å². The van der Waals surface area contributed by atoms with Gasteiger partial charge in [-0.1, -0.05) is 27.2 Å². The molecule has 1 saturated carbocycles. The van der Waals surface area contributed by atoms with E-state index in [9.17, 15) is 9.59 Å². The molecule has 3 aliphatic rings. The molecule has 0 aromatic heterocycles. The summed E-state index contributed by atoms with van der Waals surface area (Å²) < 4.78 is 21.5. The van der Waals surface area contributed by atoms with Crippen LogP contribution in [0.5, 0.6) is 0 Å². The number of carbonyl (C=O) groups is 2. The highest BCUT2D eigenvalue weighted by Gasteiger charge is 2.34. The van der Waals surface area contributed by atoms with E-state index in [0.717, 1.165) is 0 Å². The minimum Gasteiger partial charge on any atom is -0.478 e. The maximum Gasteiger partial charge on any atom is 0.334 e. The molecule has 0 N–H and O–H groups in total. The summed E-state index contributed by atoms with van der Waals surface area (Å²) in [4.78, 5) is 32.8. The van der Waals surface area contributed by atoms with Crippen molar-refractivity contribution in [2.75, 3.05) is 38.8 Å². The molecule has 3 rings (SSSR count). The summed E-state index contributed by atoms with van der Waals surface area (Å²) in [5.41, 5.74) is 0.597. The van der Waals surface area contributed by atoms with E-state index in [1.807, 2.05) is 0 Å². The van der Waals surface area contributed by atoms with Gasteiger partial charge in [0.1, 0.15) is 13.2 Å². The molecular weight excluding hydrogens is 395 g/mol. The smallest absolute Gasteiger partial charge is 0.334 e. The minimum atomic E-state index is -0.554. The van der Waals surface area contributed by atoms with E-state index in [4.69, 9.17) is 18.9 Å². The van der Waals surface area contributed by atoms with Crippen molar-refractivity contribution in [1.29, 1.82) is 0 Å². The summed E-state index contributed by atoms with van der Waals surface area (Å²) in [6, 6.07) is -1.11. The highest BCUT2D eigenvalue weighted by molar-refractivity contribution is 7.60. The molecule has 8 nitrogen and oxygen atoms in total. The molecule has 0 aromatic rings. The topological polar surface area (TPSA) is 95.8 Å². The lowest BCUT2D eigenvalue weighted by Crippen LogP contribution is -2.22. The van der Waals surface area contributed by atoms with Crippen LogP contribution in [0.3, 0.4) is 0 Å². The Morgan fingerprint density at radius 1 is 0.897 bits per heavy atom. The predicted octanol–water partition coefficient (Wildman–Crippen LogP) is 2.52. The third kappa shape index (κ3) is 6.14. The minimum absolute atomic E-state index is 0.254. The number of hydrogen-bond donors (Lipinski definition) is 0. The summed E-state index contributed by atoms with van der Waals surface area (Å²) in [6.45, 7) is 4.76. The van der Waals surface area contributed by atoms with E-state index < -0.39 is 20.0 Å². The van der Waals surface area contributed by atoms with Crippen LogP contribution in [0.2, 0.25) is 0 Å². The molecule has 0 bridgehead atoms. The van der Waals surface area contributed by atoms with Crippen LogP contribution >= 0.6 is 7.92 Å². The van der Waals surface area contributed by atoms with Crippen LogP contribution in [0, 0.1) is 0 Å². The lowest BCUT2D eigenvalue weighted by Gasteiger charge is -2.30. The molecule has 2 atom stereocenters. The lowest BCUT2D eigenvalue weighted by atomic mass is 10.0. The molecule has 0 spiro atoms. The first kappa shape index (κ1) is 22.0. The van der Waals surface area contributed by atoms with Crippen molar-refractivity contribution in [2.24, 2.45) is 9.98 Å². The van der Waals surface area contributed by atoms with Crippen LogP contribution in [-0.4, -0.2) is 80.2 Å². The van der Waals surface area contributed by atoms with Crippen molar-refractivity contribution in [3.63, 3.8) is 0 Å². The summed E-state index contributed by atoms with van der Waals surface area (Å²) in [6.07, 6.45) is 7.56. The molecular formula is C20H31N2O6P. The molecule has 9 heteroatoms. The zero-order valence-corrected chi connectivity index (χ0v) is 18.2. The van der Waals surface area contributed by atoms with Crippen LogP contribution < -0.4 is 0 Å². The van der Waals surface area contributed by atoms with Gasteiger partial charge in [-0.05, 0) is 32.3 Å². The monoisotopic (exact) mass is 426 g/mol. The van der Waals surface area contributed by atoms with Crippen molar-refractivity contribution in [2.45, 2.75) is 63.7 Å². The Morgan fingerprint density at radius 2 is 1.38 bits per heavy atom. The molecule has 2 aliphatic heterocycles. The van der Waals surface area contributed by atoms with Gasteiger partial charge >= 0.3 is 11.9 Å². The molecule has 0 radical (unpaired) electrons. The average molecular weight is 426 g/mol. The van der Waals surface area contributed by atoms with E-state index in [0.29, 0.717) is 43.0 Å². The average Bonchev–Trinajstić information content (AvgIpc) is 3.38. The fourth-order valence-corrected chi connectivity index (χ4v) is 6.61. The SMILES string of the molecule is CCOC(=O)C1COC(CP(CC2=NC(C(=O)OCC)CO2)C2CCCCC2)=N1. The molecule has 162 valence electrons. The highest BCUT2D eigenvalue weighted by atomic mass is 31.1. The third-order valence-corrected chi connectivity index (χ3v) is 8.20. The Balaban J connectivity index is 1.64. The van der Waals surface area contributed by atoms with Crippen LogP contribution in [-0.2, 0) is 28.5 Å². The van der Waals surface area contributed by atoms with Gasteiger partial charge in [-0.25, -0.2) is 19.6 Å². The van der Waals surface area contributed by atoms with E-state index in [2.05, 4.69) is 9.98 Å².